The topological polar surface area (TPSA) is 92.2 Å². The number of benzene rings is 1. The summed E-state index contributed by atoms with van der Waals surface area (Å²) in [5.41, 5.74) is -0.816. The van der Waals surface area contributed by atoms with Gasteiger partial charge in [0.15, 0.2) is 0 Å². The molecule has 98 valence electrons. The van der Waals surface area contributed by atoms with E-state index in [1.165, 1.54) is 0 Å². The number of nitrogens with zero attached hydrogens (tertiary/aromatic N) is 1. The first-order valence-electron chi connectivity index (χ1n) is 5.26. The predicted octanol–water partition coefficient (Wildman–Crippen LogP) is 1.29. The Labute approximate surface area is 115 Å². The Morgan fingerprint density at radius 2 is 2.05 bits per heavy atom. The Morgan fingerprint density at radius 1 is 1.37 bits per heavy atom. The molecular weight excluding hydrogens is 316 g/mol. The maximum Gasteiger partial charge on any atom is 0.342 e. The molecule has 2 N–H and O–H groups in total. The summed E-state index contributed by atoms with van der Waals surface area (Å²) in [5.74, 6) is -1.39. The number of nitrogens with one attached hydrogen (secondary N) is 1. The van der Waals surface area contributed by atoms with Crippen molar-refractivity contribution in [2.75, 3.05) is 0 Å². The normalized spacial score (nSPS) is 10.4. The second-order valence-corrected chi connectivity index (χ2v) is 4.82. The second-order valence-electron chi connectivity index (χ2n) is 3.91. The Kier molecular flexibility index (Phi) is 3.39. The molecule has 0 aliphatic rings. The SMILES string of the molecule is Cc1ccc(Br)cc1-n1cc(C(=O)O)c(=O)[nH]c1=O. The Hall–Kier alpha value is -2.15. The first-order chi connectivity index (χ1) is 8.90. The number of H-pyrrole nitrogens is 1. The van der Waals surface area contributed by atoms with E-state index >= 15 is 0 Å². The van der Waals surface area contributed by atoms with Crippen molar-refractivity contribution in [3.8, 4) is 5.69 Å². The molecule has 0 atom stereocenters. The van der Waals surface area contributed by atoms with Crippen LogP contribution in [0.2, 0.25) is 0 Å². The minimum atomic E-state index is -1.39. The zero-order chi connectivity index (χ0) is 14.2. The van der Waals surface area contributed by atoms with Crippen molar-refractivity contribution >= 4 is 21.9 Å². The van der Waals surface area contributed by atoms with Gasteiger partial charge in [0.05, 0.1) is 5.69 Å². The highest BCUT2D eigenvalue weighted by Crippen LogP contribution is 2.18. The maximum absolute atomic E-state index is 11.8. The van der Waals surface area contributed by atoms with Crippen LogP contribution in [0.3, 0.4) is 0 Å². The van der Waals surface area contributed by atoms with E-state index < -0.39 is 22.8 Å². The lowest BCUT2D eigenvalue weighted by Crippen LogP contribution is -2.32. The third-order valence-electron chi connectivity index (χ3n) is 2.60. The van der Waals surface area contributed by atoms with Crippen LogP contribution in [-0.2, 0) is 0 Å². The fraction of sp³-hybridized carbons (Fsp3) is 0.0833. The molecule has 2 rings (SSSR count). The number of carboxylic acids is 1. The van der Waals surface area contributed by atoms with Gasteiger partial charge < -0.3 is 5.11 Å². The van der Waals surface area contributed by atoms with E-state index in [1.54, 1.807) is 25.1 Å². The van der Waals surface area contributed by atoms with Crippen LogP contribution in [0.25, 0.3) is 5.69 Å². The highest BCUT2D eigenvalue weighted by Gasteiger charge is 2.13. The quantitative estimate of drug-likeness (QED) is 0.870. The monoisotopic (exact) mass is 324 g/mol. The van der Waals surface area contributed by atoms with Crippen LogP contribution < -0.4 is 11.2 Å². The van der Waals surface area contributed by atoms with Gasteiger partial charge in [-0.25, -0.2) is 9.59 Å². The summed E-state index contributed by atoms with van der Waals surface area (Å²) in [6, 6.07) is 5.24. The standard InChI is InChI=1S/C12H9BrN2O4/c1-6-2-3-7(13)4-9(6)15-5-8(11(17)18)10(16)14-12(15)19/h2-5H,1H3,(H,17,18)(H,14,16,19). The summed E-state index contributed by atoms with van der Waals surface area (Å²) in [4.78, 5) is 36.0. The van der Waals surface area contributed by atoms with E-state index in [0.717, 1.165) is 20.8 Å². The van der Waals surface area contributed by atoms with Gasteiger partial charge >= 0.3 is 11.7 Å². The van der Waals surface area contributed by atoms with Crippen LogP contribution in [0.15, 0.2) is 38.5 Å². The van der Waals surface area contributed by atoms with Crippen molar-refractivity contribution in [2.24, 2.45) is 0 Å². The molecule has 6 nitrogen and oxygen atoms in total. The van der Waals surface area contributed by atoms with Crippen molar-refractivity contribution in [1.82, 2.24) is 9.55 Å². The lowest BCUT2D eigenvalue weighted by molar-refractivity contribution is 0.0694. The number of carbonyl (C=O) groups is 1. The lowest BCUT2D eigenvalue weighted by Gasteiger charge is -2.09. The zero-order valence-corrected chi connectivity index (χ0v) is 11.4. The molecule has 0 aliphatic heterocycles. The minimum absolute atomic E-state index is 0.487. The average molecular weight is 325 g/mol. The molecule has 0 radical (unpaired) electrons. The number of rotatable bonds is 2. The van der Waals surface area contributed by atoms with Gasteiger partial charge in [-0.3, -0.25) is 14.3 Å². The van der Waals surface area contributed by atoms with Gasteiger partial charge in [0.2, 0.25) is 0 Å². The Morgan fingerprint density at radius 3 is 2.68 bits per heavy atom. The summed E-state index contributed by atoms with van der Waals surface area (Å²) in [5, 5.41) is 8.91. The first-order valence-corrected chi connectivity index (χ1v) is 6.05. The number of hydrogen-bond donors (Lipinski definition) is 2. The number of aromatic nitrogens is 2. The molecule has 19 heavy (non-hydrogen) atoms. The molecule has 0 saturated carbocycles. The number of hydrogen-bond acceptors (Lipinski definition) is 3. The summed E-state index contributed by atoms with van der Waals surface area (Å²) in [6.07, 6.45) is 1.03. The second kappa shape index (κ2) is 4.85. The van der Waals surface area contributed by atoms with E-state index in [1.807, 2.05) is 4.98 Å². The van der Waals surface area contributed by atoms with Crippen molar-refractivity contribution in [3.63, 3.8) is 0 Å². The predicted molar refractivity (Wildman–Crippen MR) is 72.1 cm³/mol. The summed E-state index contributed by atoms with van der Waals surface area (Å²) < 4.78 is 1.84. The summed E-state index contributed by atoms with van der Waals surface area (Å²) in [6.45, 7) is 1.78. The molecule has 0 unspecified atom stereocenters. The van der Waals surface area contributed by atoms with E-state index in [4.69, 9.17) is 5.11 Å². The van der Waals surface area contributed by atoms with Gasteiger partial charge in [0, 0.05) is 10.7 Å². The van der Waals surface area contributed by atoms with Crippen LogP contribution in [0.1, 0.15) is 15.9 Å². The molecule has 0 aliphatic carbocycles. The van der Waals surface area contributed by atoms with Crippen molar-refractivity contribution in [3.05, 3.63) is 60.8 Å². The number of aromatic amines is 1. The average Bonchev–Trinajstić information content (AvgIpc) is 2.32. The van der Waals surface area contributed by atoms with Crippen molar-refractivity contribution in [1.29, 1.82) is 0 Å². The number of aromatic carboxylic acids is 1. The Bertz CT molecular complexity index is 776. The van der Waals surface area contributed by atoms with Crippen LogP contribution in [-0.4, -0.2) is 20.6 Å². The number of halogens is 1. The van der Waals surface area contributed by atoms with Crippen molar-refractivity contribution in [2.45, 2.75) is 6.92 Å². The molecule has 1 heterocycles. The zero-order valence-electron chi connectivity index (χ0n) is 9.81. The fourth-order valence-corrected chi connectivity index (χ4v) is 1.99. The third-order valence-corrected chi connectivity index (χ3v) is 3.10. The molecule has 0 saturated heterocycles. The fourth-order valence-electron chi connectivity index (χ4n) is 1.64. The smallest absolute Gasteiger partial charge is 0.342 e. The van der Waals surface area contributed by atoms with Crippen LogP contribution >= 0.6 is 15.9 Å². The molecule has 1 aromatic carbocycles. The van der Waals surface area contributed by atoms with E-state index in [2.05, 4.69) is 15.9 Å². The highest BCUT2D eigenvalue weighted by molar-refractivity contribution is 9.10. The summed E-state index contributed by atoms with van der Waals surface area (Å²) in [7, 11) is 0. The lowest BCUT2D eigenvalue weighted by atomic mass is 10.2. The molecular formula is C12H9BrN2O4. The Balaban J connectivity index is 2.79. The van der Waals surface area contributed by atoms with Crippen molar-refractivity contribution < 1.29 is 9.90 Å². The van der Waals surface area contributed by atoms with Gasteiger partial charge in [-0.2, -0.15) is 0 Å². The van der Waals surface area contributed by atoms with Gasteiger partial charge in [0.1, 0.15) is 5.56 Å². The van der Waals surface area contributed by atoms with E-state index in [-0.39, 0.29) is 0 Å². The molecule has 7 heteroatoms. The largest absolute Gasteiger partial charge is 0.477 e. The highest BCUT2D eigenvalue weighted by atomic mass is 79.9. The number of aryl methyl sites for hydroxylation is 1. The van der Waals surface area contributed by atoms with Gasteiger partial charge in [-0.15, -0.1) is 0 Å². The molecule has 0 bridgehead atoms. The van der Waals surface area contributed by atoms with Gasteiger partial charge in [0.25, 0.3) is 5.56 Å². The first kappa shape index (κ1) is 13.3. The molecule has 1 aromatic heterocycles. The van der Waals surface area contributed by atoms with Gasteiger partial charge in [-0.1, -0.05) is 22.0 Å². The van der Waals surface area contributed by atoms with E-state index in [0.29, 0.717) is 5.69 Å². The van der Waals surface area contributed by atoms with Crippen LogP contribution in [0.4, 0.5) is 0 Å². The molecule has 0 amide bonds. The minimum Gasteiger partial charge on any atom is -0.477 e. The summed E-state index contributed by atoms with van der Waals surface area (Å²) >= 11 is 3.28. The third kappa shape index (κ3) is 2.50. The molecule has 2 aromatic rings. The molecule has 0 spiro atoms. The van der Waals surface area contributed by atoms with Crippen LogP contribution in [0.5, 0.6) is 0 Å². The number of carboxylic acid groups (broad SMARTS) is 1. The van der Waals surface area contributed by atoms with E-state index in [9.17, 15) is 14.4 Å². The maximum atomic E-state index is 11.8. The van der Waals surface area contributed by atoms with Gasteiger partial charge in [-0.05, 0) is 24.6 Å². The van der Waals surface area contributed by atoms with Crippen LogP contribution in [0, 0.1) is 6.92 Å². The molecule has 0 fully saturated rings.